The molecule has 0 radical (unpaired) electrons. The van der Waals surface area contributed by atoms with E-state index in [0.29, 0.717) is 18.7 Å². The topological polar surface area (TPSA) is 79.4 Å². The van der Waals surface area contributed by atoms with Gasteiger partial charge in [-0.15, -0.1) is 0 Å². The summed E-state index contributed by atoms with van der Waals surface area (Å²) in [5, 5.41) is 0. The fourth-order valence-electron chi connectivity index (χ4n) is 2.19. The van der Waals surface area contributed by atoms with Gasteiger partial charge in [-0.2, -0.15) is 0 Å². The number of aryl methyl sites for hydroxylation is 1. The summed E-state index contributed by atoms with van der Waals surface area (Å²) in [7, 11) is -3.74. The van der Waals surface area contributed by atoms with Crippen molar-refractivity contribution in [3.8, 4) is 0 Å². The fraction of sp³-hybridized carbons (Fsp3) is 0.294. The summed E-state index contributed by atoms with van der Waals surface area (Å²) in [6.45, 7) is 6.89. The second-order valence-electron chi connectivity index (χ2n) is 5.33. The van der Waals surface area contributed by atoms with Crippen LogP contribution >= 0.6 is 0 Å². The predicted molar refractivity (Wildman–Crippen MR) is 93.5 cm³/mol. The van der Waals surface area contributed by atoms with Gasteiger partial charge in [0, 0.05) is 24.8 Å². The third kappa shape index (κ3) is 4.11. The Hall–Kier alpha value is -2.41. The number of carbonyl (C=O) groups is 1. The van der Waals surface area contributed by atoms with Crippen molar-refractivity contribution >= 4 is 21.7 Å². The molecule has 0 unspecified atom stereocenters. The minimum Gasteiger partial charge on any atom is -0.339 e. The van der Waals surface area contributed by atoms with Gasteiger partial charge in [0.15, 0.2) is 0 Å². The molecule has 0 bridgehead atoms. The molecule has 0 saturated carbocycles. The Bertz CT molecular complexity index is 796. The molecule has 0 saturated heterocycles. The normalized spacial score (nSPS) is 11.1. The van der Waals surface area contributed by atoms with E-state index in [1.54, 1.807) is 23.2 Å². The molecule has 24 heavy (non-hydrogen) atoms. The minimum absolute atomic E-state index is 0.0842. The van der Waals surface area contributed by atoms with E-state index in [9.17, 15) is 13.2 Å². The molecule has 1 N–H and O–H groups in total. The number of pyridine rings is 1. The van der Waals surface area contributed by atoms with Crippen molar-refractivity contribution in [2.75, 3.05) is 17.8 Å². The zero-order valence-electron chi connectivity index (χ0n) is 14.0. The van der Waals surface area contributed by atoms with Crippen molar-refractivity contribution < 1.29 is 13.2 Å². The molecule has 2 rings (SSSR count). The lowest BCUT2D eigenvalue weighted by atomic mass is 10.2. The minimum atomic E-state index is -3.74. The maximum Gasteiger partial charge on any atom is 0.263 e. The van der Waals surface area contributed by atoms with Crippen LogP contribution in [-0.2, 0) is 10.0 Å². The summed E-state index contributed by atoms with van der Waals surface area (Å²) >= 11 is 0. The van der Waals surface area contributed by atoms with E-state index in [1.165, 1.54) is 24.3 Å². The Morgan fingerprint density at radius 1 is 1.08 bits per heavy atom. The van der Waals surface area contributed by atoms with E-state index >= 15 is 0 Å². The van der Waals surface area contributed by atoms with E-state index in [1.807, 2.05) is 20.8 Å². The van der Waals surface area contributed by atoms with E-state index in [2.05, 4.69) is 9.71 Å². The molecule has 1 aromatic carbocycles. The van der Waals surface area contributed by atoms with Crippen molar-refractivity contribution in [2.24, 2.45) is 0 Å². The number of benzene rings is 1. The van der Waals surface area contributed by atoms with Gasteiger partial charge in [0.05, 0.1) is 4.90 Å². The third-order valence-electron chi connectivity index (χ3n) is 3.61. The molecule has 1 heterocycles. The first-order valence-electron chi connectivity index (χ1n) is 7.72. The summed E-state index contributed by atoms with van der Waals surface area (Å²) in [5.41, 5.74) is 1.41. The number of amides is 1. The predicted octanol–water partition coefficient (Wildman–Crippen LogP) is 2.67. The third-order valence-corrected chi connectivity index (χ3v) is 4.98. The van der Waals surface area contributed by atoms with Crippen LogP contribution in [0.3, 0.4) is 0 Å². The summed E-state index contributed by atoms with van der Waals surface area (Å²) < 4.78 is 27.2. The first-order chi connectivity index (χ1) is 11.4. The van der Waals surface area contributed by atoms with Crippen LogP contribution in [0.5, 0.6) is 0 Å². The SMILES string of the molecule is CCN(CC)C(=O)c1ccc(S(=O)(=O)Nc2ccc(C)cn2)cc1. The number of rotatable bonds is 6. The van der Waals surface area contributed by atoms with E-state index in [0.717, 1.165) is 5.56 Å². The lowest BCUT2D eigenvalue weighted by Gasteiger charge is -2.18. The van der Waals surface area contributed by atoms with Crippen LogP contribution in [-0.4, -0.2) is 37.3 Å². The zero-order valence-corrected chi connectivity index (χ0v) is 14.8. The van der Waals surface area contributed by atoms with E-state index < -0.39 is 10.0 Å². The van der Waals surface area contributed by atoms with Gasteiger partial charge >= 0.3 is 0 Å². The molecular formula is C17H21N3O3S. The second-order valence-corrected chi connectivity index (χ2v) is 7.01. The molecule has 0 atom stereocenters. The largest absolute Gasteiger partial charge is 0.339 e. The van der Waals surface area contributed by atoms with Crippen molar-refractivity contribution in [1.29, 1.82) is 0 Å². The average molecular weight is 347 g/mol. The Morgan fingerprint density at radius 3 is 2.21 bits per heavy atom. The highest BCUT2D eigenvalue weighted by Crippen LogP contribution is 2.16. The molecule has 0 fully saturated rings. The van der Waals surface area contributed by atoms with Gasteiger partial charge in [-0.25, -0.2) is 13.4 Å². The van der Waals surface area contributed by atoms with Gasteiger partial charge in [0.1, 0.15) is 5.82 Å². The maximum absolute atomic E-state index is 12.4. The van der Waals surface area contributed by atoms with E-state index in [-0.39, 0.29) is 16.6 Å². The molecule has 128 valence electrons. The monoisotopic (exact) mass is 347 g/mol. The van der Waals surface area contributed by atoms with Crippen molar-refractivity contribution in [3.63, 3.8) is 0 Å². The van der Waals surface area contributed by atoms with Crippen LogP contribution in [0.2, 0.25) is 0 Å². The number of hydrogen-bond acceptors (Lipinski definition) is 4. The molecule has 1 aromatic heterocycles. The molecule has 6 nitrogen and oxygen atoms in total. The molecule has 0 aliphatic heterocycles. The lowest BCUT2D eigenvalue weighted by Crippen LogP contribution is -2.30. The summed E-state index contributed by atoms with van der Waals surface area (Å²) in [4.78, 5) is 18.0. The lowest BCUT2D eigenvalue weighted by molar-refractivity contribution is 0.0773. The number of carbonyl (C=O) groups excluding carboxylic acids is 1. The summed E-state index contributed by atoms with van der Waals surface area (Å²) in [5.74, 6) is 0.140. The zero-order chi connectivity index (χ0) is 17.7. The molecular weight excluding hydrogens is 326 g/mol. The quantitative estimate of drug-likeness (QED) is 0.871. The molecule has 7 heteroatoms. The van der Waals surface area contributed by atoms with Gasteiger partial charge in [-0.05, 0) is 56.7 Å². The smallest absolute Gasteiger partial charge is 0.263 e. The highest BCUT2D eigenvalue weighted by Gasteiger charge is 2.17. The number of hydrogen-bond donors (Lipinski definition) is 1. The highest BCUT2D eigenvalue weighted by atomic mass is 32.2. The number of aromatic nitrogens is 1. The van der Waals surface area contributed by atoms with Crippen molar-refractivity contribution in [3.05, 3.63) is 53.7 Å². The average Bonchev–Trinajstić information content (AvgIpc) is 2.58. The van der Waals surface area contributed by atoms with Gasteiger partial charge in [-0.3, -0.25) is 9.52 Å². The molecule has 0 spiro atoms. The molecule has 0 aliphatic carbocycles. The maximum atomic E-state index is 12.4. The van der Waals surface area contributed by atoms with Crippen LogP contribution in [0.25, 0.3) is 0 Å². The number of nitrogens with one attached hydrogen (secondary N) is 1. The fourth-order valence-corrected chi connectivity index (χ4v) is 3.20. The van der Waals surface area contributed by atoms with Gasteiger partial charge < -0.3 is 4.90 Å². The van der Waals surface area contributed by atoms with Crippen LogP contribution in [0, 0.1) is 6.92 Å². The Kier molecular flexibility index (Phi) is 5.56. The van der Waals surface area contributed by atoms with Crippen molar-refractivity contribution in [1.82, 2.24) is 9.88 Å². The standard InChI is InChI=1S/C17H21N3O3S/c1-4-20(5-2)17(21)14-7-9-15(10-8-14)24(22,23)19-16-11-6-13(3)12-18-16/h6-12H,4-5H2,1-3H3,(H,18,19). The molecule has 1 amide bonds. The number of anilines is 1. The van der Waals surface area contributed by atoms with Crippen molar-refractivity contribution in [2.45, 2.75) is 25.7 Å². The van der Waals surface area contributed by atoms with Gasteiger partial charge in [0.2, 0.25) is 0 Å². The molecule has 2 aromatic rings. The number of sulfonamides is 1. The highest BCUT2D eigenvalue weighted by molar-refractivity contribution is 7.92. The van der Waals surface area contributed by atoms with Gasteiger partial charge in [-0.1, -0.05) is 6.07 Å². The van der Waals surface area contributed by atoms with Crippen LogP contribution in [0.15, 0.2) is 47.5 Å². The Morgan fingerprint density at radius 2 is 1.71 bits per heavy atom. The van der Waals surface area contributed by atoms with Crippen LogP contribution in [0.1, 0.15) is 29.8 Å². The second kappa shape index (κ2) is 7.44. The first-order valence-corrected chi connectivity index (χ1v) is 9.20. The van der Waals surface area contributed by atoms with Gasteiger partial charge in [0.25, 0.3) is 15.9 Å². The Balaban J connectivity index is 2.19. The summed E-state index contributed by atoms with van der Waals surface area (Å²) in [6.07, 6.45) is 1.59. The number of nitrogens with zero attached hydrogens (tertiary/aromatic N) is 2. The van der Waals surface area contributed by atoms with E-state index in [4.69, 9.17) is 0 Å². The van der Waals surface area contributed by atoms with Crippen LogP contribution < -0.4 is 4.72 Å². The van der Waals surface area contributed by atoms with Crippen LogP contribution in [0.4, 0.5) is 5.82 Å². The first kappa shape index (κ1) is 17.9. The molecule has 0 aliphatic rings. The summed E-state index contributed by atoms with van der Waals surface area (Å²) in [6, 6.07) is 9.28. The Labute approximate surface area is 142 Å².